The first-order valence-corrected chi connectivity index (χ1v) is 7.06. The molecule has 1 aromatic carbocycles. The molecule has 22 heavy (non-hydrogen) atoms. The van der Waals surface area contributed by atoms with Crippen molar-refractivity contribution in [3.05, 3.63) is 51.8 Å². The highest BCUT2D eigenvalue weighted by Gasteiger charge is 2.59. The van der Waals surface area contributed by atoms with Gasteiger partial charge in [-0.3, -0.25) is 4.68 Å². The first-order chi connectivity index (χ1) is 10.1. The number of benzene rings is 1. The standard InChI is InChI=1S/C14H13Cl2F3N2O/c1-8(11-4-3-10(15)5-12(11)16)13(22,14(17,18)19)9-6-20-21(2)7-9/h3-8,22H,1-2H3. The molecule has 0 amide bonds. The van der Waals surface area contributed by atoms with E-state index in [0.717, 1.165) is 12.4 Å². The van der Waals surface area contributed by atoms with Crippen LogP contribution in [0.2, 0.25) is 10.0 Å². The minimum atomic E-state index is -4.90. The van der Waals surface area contributed by atoms with Crippen molar-refractivity contribution in [2.24, 2.45) is 7.05 Å². The largest absolute Gasteiger partial charge is 0.422 e. The van der Waals surface area contributed by atoms with Crippen LogP contribution < -0.4 is 0 Å². The fraction of sp³-hybridized carbons (Fsp3) is 0.357. The van der Waals surface area contributed by atoms with Crippen LogP contribution in [0.25, 0.3) is 0 Å². The molecule has 1 aromatic heterocycles. The molecule has 8 heteroatoms. The predicted octanol–water partition coefficient (Wildman–Crippen LogP) is 4.28. The van der Waals surface area contributed by atoms with E-state index in [1.165, 1.54) is 36.9 Å². The second-order valence-corrected chi connectivity index (χ2v) is 5.90. The zero-order valence-electron chi connectivity index (χ0n) is 11.7. The molecule has 0 aliphatic rings. The fourth-order valence-corrected chi connectivity index (χ4v) is 2.93. The number of halogens is 5. The second kappa shape index (κ2) is 5.76. The molecule has 0 saturated heterocycles. The van der Waals surface area contributed by atoms with Gasteiger partial charge in [-0.05, 0) is 17.7 Å². The Morgan fingerprint density at radius 1 is 1.27 bits per heavy atom. The van der Waals surface area contributed by atoms with Crippen LogP contribution in [0, 0.1) is 0 Å². The Morgan fingerprint density at radius 3 is 2.36 bits per heavy atom. The molecule has 0 radical (unpaired) electrons. The van der Waals surface area contributed by atoms with Gasteiger partial charge in [-0.1, -0.05) is 36.2 Å². The van der Waals surface area contributed by atoms with E-state index >= 15 is 0 Å². The molecule has 0 bridgehead atoms. The molecule has 2 aromatic rings. The van der Waals surface area contributed by atoms with Gasteiger partial charge in [0.1, 0.15) is 0 Å². The molecule has 0 fully saturated rings. The summed E-state index contributed by atoms with van der Waals surface area (Å²) in [6, 6.07) is 4.15. The number of aliphatic hydroxyl groups is 1. The van der Waals surface area contributed by atoms with Crippen molar-refractivity contribution in [3.8, 4) is 0 Å². The lowest BCUT2D eigenvalue weighted by atomic mass is 9.79. The summed E-state index contributed by atoms with van der Waals surface area (Å²) in [7, 11) is 1.47. The molecule has 2 unspecified atom stereocenters. The Hall–Kier alpha value is -1.24. The highest BCUT2D eigenvalue weighted by Crippen LogP contribution is 2.49. The third kappa shape index (κ3) is 2.83. The van der Waals surface area contributed by atoms with E-state index < -0.39 is 17.7 Å². The van der Waals surface area contributed by atoms with Crippen molar-refractivity contribution in [2.75, 3.05) is 0 Å². The zero-order valence-corrected chi connectivity index (χ0v) is 13.2. The topological polar surface area (TPSA) is 38.1 Å². The van der Waals surface area contributed by atoms with Gasteiger partial charge in [0, 0.05) is 34.8 Å². The quantitative estimate of drug-likeness (QED) is 0.895. The Morgan fingerprint density at radius 2 is 1.91 bits per heavy atom. The number of alkyl halides is 3. The monoisotopic (exact) mass is 352 g/mol. The van der Waals surface area contributed by atoms with E-state index in [1.807, 2.05) is 0 Å². The molecular weight excluding hydrogens is 340 g/mol. The number of hydrogen-bond acceptors (Lipinski definition) is 2. The maximum Gasteiger partial charge on any atom is 0.422 e. The molecule has 0 saturated carbocycles. The Labute approximate surface area is 135 Å². The van der Waals surface area contributed by atoms with Crippen LogP contribution >= 0.6 is 23.2 Å². The molecule has 1 N–H and O–H groups in total. The van der Waals surface area contributed by atoms with E-state index in [-0.39, 0.29) is 16.1 Å². The fourth-order valence-electron chi connectivity index (χ4n) is 2.35. The predicted molar refractivity (Wildman–Crippen MR) is 78.0 cm³/mol. The summed E-state index contributed by atoms with van der Waals surface area (Å²) in [5, 5.41) is 14.6. The highest BCUT2D eigenvalue weighted by atomic mass is 35.5. The normalized spacial score (nSPS) is 16.4. The minimum Gasteiger partial charge on any atom is -0.376 e. The zero-order chi connectivity index (χ0) is 16.7. The smallest absolute Gasteiger partial charge is 0.376 e. The van der Waals surface area contributed by atoms with Gasteiger partial charge in [0.05, 0.1) is 6.20 Å². The SMILES string of the molecule is CC(c1ccc(Cl)cc1Cl)C(O)(c1cnn(C)c1)C(F)(F)F. The van der Waals surface area contributed by atoms with Crippen LogP contribution in [0.15, 0.2) is 30.6 Å². The Bertz CT molecular complexity index is 687. The molecule has 0 aliphatic carbocycles. The molecule has 120 valence electrons. The summed E-state index contributed by atoms with van der Waals surface area (Å²) in [5.74, 6) is -1.35. The minimum absolute atomic E-state index is 0.0616. The molecule has 1 heterocycles. The third-order valence-corrected chi connectivity index (χ3v) is 4.20. The van der Waals surface area contributed by atoms with Crippen LogP contribution in [0.3, 0.4) is 0 Å². The van der Waals surface area contributed by atoms with E-state index in [2.05, 4.69) is 5.10 Å². The number of aromatic nitrogens is 2. The number of aryl methyl sites for hydroxylation is 1. The van der Waals surface area contributed by atoms with Crippen molar-refractivity contribution >= 4 is 23.2 Å². The summed E-state index contributed by atoms with van der Waals surface area (Å²) < 4.78 is 42.0. The summed E-state index contributed by atoms with van der Waals surface area (Å²) in [5.41, 5.74) is -3.31. The van der Waals surface area contributed by atoms with E-state index in [9.17, 15) is 18.3 Å². The summed E-state index contributed by atoms with van der Waals surface area (Å²) in [4.78, 5) is 0. The lowest BCUT2D eigenvalue weighted by Crippen LogP contribution is -2.46. The molecule has 2 atom stereocenters. The first kappa shape index (κ1) is 17.1. The maximum absolute atomic E-state index is 13.6. The number of hydrogen-bond donors (Lipinski definition) is 1. The van der Waals surface area contributed by atoms with Crippen molar-refractivity contribution in [2.45, 2.75) is 24.6 Å². The lowest BCUT2D eigenvalue weighted by molar-refractivity contribution is -0.274. The lowest BCUT2D eigenvalue weighted by Gasteiger charge is -2.35. The van der Waals surface area contributed by atoms with Crippen molar-refractivity contribution in [1.82, 2.24) is 9.78 Å². The van der Waals surface area contributed by atoms with Gasteiger partial charge in [0.2, 0.25) is 0 Å². The maximum atomic E-state index is 13.6. The summed E-state index contributed by atoms with van der Waals surface area (Å²) >= 11 is 11.8. The van der Waals surface area contributed by atoms with Crippen LogP contribution in [0.1, 0.15) is 24.0 Å². The molecule has 0 spiro atoms. The van der Waals surface area contributed by atoms with Crippen molar-refractivity contribution in [1.29, 1.82) is 0 Å². The van der Waals surface area contributed by atoms with Gasteiger partial charge in [0.25, 0.3) is 0 Å². The molecule has 2 rings (SSSR count). The second-order valence-electron chi connectivity index (χ2n) is 5.05. The van der Waals surface area contributed by atoms with Crippen LogP contribution in [0.4, 0.5) is 13.2 Å². The Kier molecular flexibility index (Phi) is 4.48. The van der Waals surface area contributed by atoms with E-state index in [4.69, 9.17) is 23.2 Å². The summed E-state index contributed by atoms with van der Waals surface area (Å²) in [6.07, 6.45) is -2.78. The molecule has 3 nitrogen and oxygen atoms in total. The van der Waals surface area contributed by atoms with Crippen molar-refractivity contribution < 1.29 is 18.3 Å². The first-order valence-electron chi connectivity index (χ1n) is 6.30. The van der Waals surface area contributed by atoms with Gasteiger partial charge in [-0.15, -0.1) is 0 Å². The van der Waals surface area contributed by atoms with Gasteiger partial charge in [-0.2, -0.15) is 18.3 Å². The number of nitrogens with zero attached hydrogens (tertiary/aromatic N) is 2. The third-order valence-electron chi connectivity index (χ3n) is 3.63. The highest BCUT2D eigenvalue weighted by molar-refractivity contribution is 6.35. The van der Waals surface area contributed by atoms with Gasteiger partial charge in [-0.25, -0.2) is 0 Å². The van der Waals surface area contributed by atoms with Crippen LogP contribution in [0.5, 0.6) is 0 Å². The average Bonchev–Trinajstić information content (AvgIpc) is 2.82. The van der Waals surface area contributed by atoms with Crippen molar-refractivity contribution in [3.63, 3.8) is 0 Å². The van der Waals surface area contributed by atoms with Gasteiger partial charge in [0.15, 0.2) is 5.60 Å². The van der Waals surface area contributed by atoms with Gasteiger partial charge < -0.3 is 5.11 Å². The number of rotatable bonds is 3. The average molecular weight is 353 g/mol. The van der Waals surface area contributed by atoms with Gasteiger partial charge >= 0.3 is 6.18 Å². The van der Waals surface area contributed by atoms with E-state index in [1.54, 1.807) is 0 Å². The molecule has 0 aliphatic heterocycles. The van der Waals surface area contributed by atoms with E-state index in [0.29, 0.717) is 5.02 Å². The molecular formula is C14H13Cl2F3N2O. The van der Waals surface area contributed by atoms with Crippen LogP contribution in [-0.4, -0.2) is 21.1 Å². The van der Waals surface area contributed by atoms with Crippen LogP contribution in [-0.2, 0) is 12.6 Å². The Balaban J connectivity index is 2.59. The summed E-state index contributed by atoms with van der Waals surface area (Å²) in [6.45, 7) is 1.26.